The first-order valence-electron chi connectivity index (χ1n) is 7.26. The Morgan fingerprint density at radius 2 is 1.81 bits per heavy atom. The van der Waals surface area contributed by atoms with E-state index in [0.29, 0.717) is 6.54 Å². The van der Waals surface area contributed by atoms with Crippen LogP contribution in [0, 0.1) is 0 Å². The van der Waals surface area contributed by atoms with Crippen LogP contribution in [0.5, 0.6) is 0 Å². The maximum absolute atomic E-state index is 12.0. The van der Waals surface area contributed by atoms with Crippen molar-refractivity contribution in [3.63, 3.8) is 0 Å². The van der Waals surface area contributed by atoms with Crippen LogP contribution in [0.1, 0.15) is 38.6 Å². The molecule has 0 aliphatic heterocycles. The lowest BCUT2D eigenvalue weighted by Gasteiger charge is -2.21. The Labute approximate surface area is 130 Å². The molecule has 2 amide bonds. The molecule has 1 rings (SSSR count). The van der Waals surface area contributed by atoms with Gasteiger partial charge in [-0.2, -0.15) is 0 Å². The van der Waals surface area contributed by atoms with Crippen LogP contribution < -0.4 is 10.6 Å². The maximum atomic E-state index is 12.0. The summed E-state index contributed by atoms with van der Waals surface area (Å²) < 4.78 is 0. The summed E-state index contributed by atoms with van der Waals surface area (Å²) in [4.78, 5) is 26.7. The summed E-state index contributed by atoms with van der Waals surface area (Å²) in [5.41, 5.74) is 0. The Hall–Kier alpha value is -1.40. The van der Waals surface area contributed by atoms with Crippen LogP contribution in [0.4, 0.5) is 0 Å². The lowest BCUT2D eigenvalue weighted by atomic mass is 10.2. The molecule has 1 aromatic rings. The highest BCUT2D eigenvalue weighted by Crippen LogP contribution is 2.17. The molecule has 118 valence electrons. The molecule has 5 nitrogen and oxygen atoms in total. The third-order valence-corrected chi connectivity index (χ3v) is 4.03. The van der Waals surface area contributed by atoms with Gasteiger partial charge in [-0.1, -0.05) is 13.0 Å². The van der Waals surface area contributed by atoms with E-state index in [2.05, 4.69) is 10.6 Å². The fraction of sp³-hybridized carbons (Fsp3) is 0.600. The Bertz CT molecular complexity index is 446. The highest BCUT2D eigenvalue weighted by atomic mass is 32.1. The van der Waals surface area contributed by atoms with E-state index in [4.69, 9.17) is 0 Å². The number of amides is 2. The fourth-order valence-electron chi connectivity index (χ4n) is 1.95. The summed E-state index contributed by atoms with van der Waals surface area (Å²) >= 11 is 1.62. The van der Waals surface area contributed by atoms with Gasteiger partial charge in [0.2, 0.25) is 11.8 Å². The molecular weight excluding hydrogens is 286 g/mol. The minimum Gasteiger partial charge on any atom is -0.353 e. The first-order chi connectivity index (χ1) is 9.92. The summed E-state index contributed by atoms with van der Waals surface area (Å²) in [5, 5.41) is 7.79. The number of thiophene rings is 1. The molecule has 0 saturated carbocycles. The summed E-state index contributed by atoms with van der Waals surface area (Å²) in [5.74, 6) is -0.110. The molecule has 21 heavy (non-hydrogen) atoms. The predicted molar refractivity (Wildman–Crippen MR) is 86.3 cm³/mol. The van der Waals surface area contributed by atoms with Gasteiger partial charge >= 0.3 is 0 Å². The molecule has 0 aliphatic rings. The lowest BCUT2D eigenvalue weighted by molar-refractivity contribution is -0.125. The van der Waals surface area contributed by atoms with Gasteiger partial charge in [-0.3, -0.25) is 14.5 Å². The second kappa shape index (κ2) is 8.79. The van der Waals surface area contributed by atoms with E-state index in [1.807, 2.05) is 50.1 Å². The largest absolute Gasteiger partial charge is 0.353 e. The van der Waals surface area contributed by atoms with Crippen molar-refractivity contribution >= 4 is 23.2 Å². The molecular formula is C15H25N3O2S. The molecule has 0 fully saturated rings. The number of carbonyl (C=O) groups is 2. The Kier molecular flexibility index (Phi) is 7.39. The molecule has 0 spiro atoms. The van der Waals surface area contributed by atoms with Crippen molar-refractivity contribution in [1.29, 1.82) is 0 Å². The van der Waals surface area contributed by atoms with E-state index in [9.17, 15) is 9.59 Å². The molecule has 1 atom stereocenters. The van der Waals surface area contributed by atoms with Crippen LogP contribution >= 0.6 is 11.3 Å². The van der Waals surface area contributed by atoms with Gasteiger partial charge in [-0.25, -0.2) is 0 Å². The predicted octanol–water partition coefficient (Wildman–Crippen LogP) is 1.77. The zero-order valence-electron chi connectivity index (χ0n) is 13.2. The molecule has 1 heterocycles. The standard InChI is InChI=1S/C15H25N3O2S/c1-5-18(9-14(19)16-11(2)3)10-15(20)17-12(4)13-7-6-8-21-13/h6-8,11-12H,5,9-10H2,1-4H3,(H,16,19)(H,17,20). The van der Waals surface area contributed by atoms with E-state index >= 15 is 0 Å². The number of nitrogens with zero attached hydrogens (tertiary/aromatic N) is 1. The molecule has 0 radical (unpaired) electrons. The fourth-order valence-corrected chi connectivity index (χ4v) is 2.68. The molecule has 0 saturated heterocycles. The van der Waals surface area contributed by atoms with Gasteiger partial charge < -0.3 is 10.6 Å². The van der Waals surface area contributed by atoms with Crippen LogP contribution in [-0.2, 0) is 9.59 Å². The minimum absolute atomic E-state index is 0.000645. The average molecular weight is 311 g/mol. The third kappa shape index (κ3) is 6.73. The third-order valence-electron chi connectivity index (χ3n) is 2.98. The van der Waals surface area contributed by atoms with Crippen LogP contribution in [0.2, 0.25) is 0 Å². The summed E-state index contributed by atoms with van der Waals surface area (Å²) in [6, 6.07) is 4.09. The Morgan fingerprint density at radius 1 is 1.19 bits per heavy atom. The number of hydrogen-bond acceptors (Lipinski definition) is 4. The van der Waals surface area contributed by atoms with Gasteiger partial charge in [0.25, 0.3) is 0 Å². The van der Waals surface area contributed by atoms with Gasteiger partial charge in [0, 0.05) is 10.9 Å². The summed E-state index contributed by atoms with van der Waals surface area (Å²) in [6.07, 6.45) is 0. The second-order valence-corrected chi connectivity index (χ2v) is 6.31. The highest BCUT2D eigenvalue weighted by Gasteiger charge is 2.16. The Morgan fingerprint density at radius 3 is 2.29 bits per heavy atom. The van der Waals surface area contributed by atoms with Gasteiger partial charge in [-0.15, -0.1) is 11.3 Å². The smallest absolute Gasteiger partial charge is 0.234 e. The number of likely N-dealkylation sites (N-methyl/N-ethyl adjacent to an activating group) is 1. The molecule has 6 heteroatoms. The number of hydrogen-bond donors (Lipinski definition) is 2. The van der Waals surface area contributed by atoms with Crippen molar-refractivity contribution in [2.24, 2.45) is 0 Å². The van der Waals surface area contributed by atoms with E-state index in [0.717, 1.165) is 4.88 Å². The van der Waals surface area contributed by atoms with Crippen molar-refractivity contribution in [3.05, 3.63) is 22.4 Å². The van der Waals surface area contributed by atoms with E-state index in [-0.39, 0.29) is 37.0 Å². The van der Waals surface area contributed by atoms with E-state index in [1.54, 1.807) is 11.3 Å². The normalized spacial score (nSPS) is 12.5. The zero-order chi connectivity index (χ0) is 15.8. The SMILES string of the molecule is CCN(CC(=O)NC(C)C)CC(=O)NC(C)c1cccs1. The van der Waals surface area contributed by atoms with Crippen molar-refractivity contribution in [2.75, 3.05) is 19.6 Å². The molecule has 2 N–H and O–H groups in total. The van der Waals surface area contributed by atoms with E-state index < -0.39 is 0 Å². The molecule has 0 aromatic carbocycles. The van der Waals surface area contributed by atoms with Crippen molar-refractivity contribution in [1.82, 2.24) is 15.5 Å². The lowest BCUT2D eigenvalue weighted by Crippen LogP contribution is -2.44. The topological polar surface area (TPSA) is 61.4 Å². The van der Waals surface area contributed by atoms with Crippen molar-refractivity contribution in [3.8, 4) is 0 Å². The molecule has 1 aromatic heterocycles. The van der Waals surface area contributed by atoms with Crippen LogP contribution in [0.3, 0.4) is 0 Å². The average Bonchev–Trinajstić information content (AvgIpc) is 2.90. The van der Waals surface area contributed by atoms with Crippen LogP contribution in [-0.4, -0.2) is 42.4 Å². The van der Waals surface area contributed by atoms with Gasteiger partial charge in [0.05, 0.1) is 19.1 Å². The number of rotatable bonds is 8. The quantitative estimate of drug-likeness (QED) is 0.769. The minimum atomic E-state index is -0.0601. The Balaban J connectivity index is 2.42. The number of nitrogens with one attached hydrogen (secondary N) is 2. The zero-order valence-corrected chi connectivity index (χ0v) is 14.0. The van der Waals surface area contributed by atoms with Gasteiger partial charge in [-0.05, 0) is 38.8 Å². The molecule has 1 unspecified atom stereocenters. The van der Waals surface area contributed by atoms with Crippen LogP contribution in [0.25, 0.3) is 0 Å². The maximum Gasteiger partial charge on any atom is 0.234 e. The first-order valence-corrected chi connectivity index (χ1v) is 8.14. The summed E-state index contributed by atoms with van der Waals surface area (Å²) in [7, 11) is 0. The summed E-state index contributed by atoms with van der Waals surface area (Å²) in [6.45, 7) is 8.89. The van der Waals surface area contributed by atoms with Gasteiger partial charge in [0.15, 0.2) is 0 Å². The van der Waals surface area contributed by atoms with Gasteiger partial charge in [0.1, 0.15) is 0 Å². The van der Waals surface area contributed by atoms with Crippen molar-refractivity contribution < 1.29 is 9.59 Å². The first kappa shape index (κ1) is 17.7. The molecule has 0 bridgehead atoms. The second-order valence-electron chi connectivity index (χ2n) is 5.33. The van der Waals surface area contributed by atoms with E-state index in [1.165, 1.54) is 0 Å². The van der Waals surface area contributed by atoms with Crippen molar-refractivity contribution in [2.45, 2.75) is 39.8 Å². The number of carbonyl (C=O) groups excluding carboxylic acids is 2. The molecule has 0 aliphatic carbocycles. The highest BCUT2D eigenvalue weighted by molar-refractivity contribution is 7.10. The monoisotopic (exact) mass is 311 g/mol. The van der Waals surface area contributed by atoms with Crippen LogP contribution in [0.15, 0.2) is 17.5 Å².